The zero-order valence-corrected chi connectivity index (χ0v) is 21.6. The Morgan fingerprint density at radius 3 is 2.64 bits per heavy atom. The number of H-pyrrole nitrogens is 1. The average Bonchev–Trinajstić information content (AvgIpc) is 3.25. The number of rotatable bonds is 6. The van der Waals surface area contributed by atoms with Gasteiger partial charge in [0.2, 0.25) is 5.91 Å². The number of halogens is 2. The van der Waals surface area contributed by atoms with Crippen molar-refractivity contribution in [1.29, 1.82) is 0 Å². The molecule has 0 atom stereocenters. The number of aromatic amines is 1. The van der Waals surface area contributed by atoms with Crippen LogP contribution < -0.4 is 5.32 Å². The van der Waals surface area contributed by atoms with Crippen molar-refractivity contribution in [1.82, 2.24) is 30.0 Å². The van der Waals surface area contributed by atoms with Gasteiger partial charge in [-0.25, -0.2) is 14.4 Å². The van der Waals surface area contributed by atoms with E-state index in [9.17, 15) is 4.79 Å². The van der Waals surface area contributed by atoms with Gasteiger partial charge in [-0.15, -0.1) is 0 Å². The number of nitrogens with one attached hydrogen (secondary N) is 2. The van der Waals surface area contributed by atoms with E-state index in [2.05, 4.69) is 30.4 Å². The fourth-order valence-corrected chi connectivity index (χ4v) is 5.34. The fraction of sp³-hybridized carbons (Fsp3) is 0.462. The first-order chi connectivity index (χ1) is 17.3. The molecule has 2 aliphatic rings. The third-order valence-corrected chi connectivity index (χ3v) is 7.47. The highest BCUT2D eigenvalue weighted by Gasteiger charge is 2.35. The van der Waals surface area contributed by atoms with Gasteiger partial charge in [0.1, 0.15) is 16.7 Å². The van der Waals surface area contributed by atoms with Gasteiger partial charge in [-0.3, -0.25) is 9.89 Å². The Bertz CT molecular complexity index is 1270. The Hall–Kier alpha value is -3.04. The standard InChI is InChI=1S/C26H31ClFN7O/c1-15-8-18(10-23-29-12-21(27)25(30-23)31-24-9-16(2)32-33-24)22(28)11-20(15)17-4-6-35(7-5-17)26(36)19-13-34(3)14-19/h8-9,11-12,17,19H,4-7,10,13-14H2,1-3H3,(H2,29,30,31,32,33). The summed E-state index contributed by atoms with van der Waals surface area (Å²) in [6.07, 6.45) is 3.48. The average molecular weight is 512 g/mol. The molecule has 0 bridgehead atoms. The summed E-state index contributed by atoms with van der Waals surface area (Å²) in [5, 5.41) is 10.4. The zero-order valence-electron chi connectivity index (χ0n) is 20.8. The SMILES string of the molecule is Cc1cc(Nc2nc(Cc3cc(C)c(C4CCN(C(=O)C5CN(C)C5)CC4)cc3F)ncc2Cl)n[nH]1. The number of carbonyl (C=O) groups excluding carboxylic acids is 1. The van der Waals surface area contributed by atoms with Crippen LogP contribution in [-0.4, -0.2) is 69.1 Å². The molecule has 3 aromatic rings. The third-order valence-electron chi connectivity index (χ3n) is 7.19. The van der Waals surface area contributed by atoms with Gasteiger partial charge in [-0.2, -0.15) is 5.10 Å². The Labute approximate surface area is 215 Å². The molecule has 36 heavy (non-hydrogen) atoms. The Morgan fingerprint density at radius 1 is 1.22 bits per heavy atom. The number of amides is 1. The first-order valence-electron chi connectivity index (χ1n) is 12.3. The summed E-state index contributed by atoms with van der Waals surface area (Å²) in [5.74, 6) is 1.89. The molecule has 1 aromatic carbocycles. The molecule has 2 aliphatic heterocycles. The van der Waals surface area contributed by atoms with Gasteiger partial charge in [0.05, 0.1) is 12.1 Å². The van der Waals surface area contributed by atoms with E-state index in [0.29, 0.717) is 28.0 Å². The first-order valence-corrected chi connectivity index (χ1v) is 12.7. The molecule has 2 aromatic heterocycles. The second-order valence-corrected chi connectivity index (χ2v) is 10.4. The zero-order chi connectivity index (χ0) is 25.4. The molecular weight excluding hydrogens is 481 g/mol. The number of aryl methyl sites for hydroxylation is 2. The van der Waals surface area contributed by atoms with E-state index in [4.69, 9.17) is 11.6 Å². The largest absolute Gasteiger partial charge is 0.342 e. The van der Waals surface area contributed by atoms with Gasteiger partial charge in [0.15, 0.2) is 11.6 Å². The fourth-order valence-electron chi connectivity index (χ4n) is 5.21. The van der Waals surface area contributed by atoms with Crippen molar-refractivity contribution in [2.75, 3.05) is 38.5 Å². The molecule has 4 heterocycles. The number of carbonyl (C=O) groups is 1. The lowest BCUT2D eigenvalue weighted by atomic mass is 9.85. The van der Waals surface area contributed by atoms with Gasteiger partial charge >= 0.3 is 0 Å². The topological polar surface area (TPSA) is 90.0 Å². The highest BCUT2D eigenvalue weighted by atomic mass is 35.5. The molecule has 2 N–H and O–H groups in total. The third kappa shape index (κ3) is 5.22. The van der Waals surface area contributed by atoms with Crippen molar-refractivity contribution in [2.24, 2.45) is 5.92 Å². The minimum Gasteiger partial charge on any atom is -0.342 e. The van der Waals surface area contributed by atoms with Crippen LogP contribution in [0.3, 0.4) is 0 Å². The number of benzene rings is 1. The number of piperidine rings is 1. The predicted octanol–water partition coefficient (Wildman–Crippen LogP) is 4.21. The number of likely N-dealkylation sites (tertiary alicyclic amines) is 2. The molecule has 8 nitrogen and oxygen atoms in total. The molecule has 0 spiro atoms. The number of aromatic nitrogens is 4. The smallest absolute Gasteiger partial charge is 0.228 e. The van der Waals surface area contributed by atoms with E-state index >= 15 is 4.39 Å². The summed E-state index contributed by atoms with van der Waals surface area (Å²) in [6, 6.07) is 5.40. The predicted molar refractivity (Wildman–Crippen MR) is 137 cm³/mol. The van der Waals surface area contributed by atoms with Crippen LogP contribution in [0.5, 0.6) is 0 Å². The van der Waals surface area contributed by atoms with Crippen molar-refractivity contribution >= 4 is 29.1 Å². The molecule has 0 radical (unpaired) electrons. The molecule has 2 saturated heterocycles. The monoisotopic (exact) mass is 511 g/mol. The molecular formula is C26H31ClFN7O. The first kappa shape index (κ1) is 24.6. The van der Waals surface area contributed by atoms with Crippen LogP contribution in [0.1, 0.15) is 47.0 Å². The van der Waals surface area contributed by atoms with Crippen molar-refractivity contribution in [2.45, 2.75) is 39.0 Å². The van der Waals surface area contributed by atoms with E-state index in [1.165, 1.54) is 6.20 Å². The summed E-state index contributed by atoms with van der Waals surface area (Å²) >= 11 is 6.26. The highest BCUT2D eigenvalue weighted by Crippen LogP contribution is 2.33. The van der Waals surface area contributed by atoms with Crippen LogP contribution in [-0.2, 0) is 11.2 Å². The molecule has 5 rings (SSSR count). The van der Waals surface area contributed by atoms with E-state index in [1.54, 1.807) is 6.07 Å². The van der Waals surface area contributed by atoms with E-state index in [-0.39, 0.29) is 30.0 Å². The maximum absolute atomic E-state index is 15.2. The molecule has 10 heteroatoms. The lowest BCUT2D eigenvalue weighted by Crippen LogP contribution is -2.53. The van der Waals surface area contributed by atoms with Crippen LogP contribution in [0.25, 0.3) is 0 Å². The maximum Gasteiger partial charge on any atom is 0.228 e. The highest BCUT2D eigenvalue weighted by molar-refractivity contribution is 6.32. The van der Waals surface area contributed by atoms with E-state index < -0.39 is 0 Å². The van der Waals surface area contributed by atoms with Gasteiger partial charge in [0.25, 0.3) is 0 Å². The summed E-state index contributed by atoms with van der Waals surface area (Å²) in [4.78, 5) is 25.6. The van der Waals surface area contributed by atoms with Gasteiger partial charge in [-0.1, -0.05) is 17.7 Å². The number of hydrogen-bond donors (Lipinski definition) is 2. The Kier molecular flexibility index (Phi) is 6.94. The van der Waals surface area contributed by atoms with Gasteiger partial charge in [-0.05, 0) is 62.4 Å². The van der Waals surface area contributed by atoms with Crippen LogP contribution in [0.2, 0.25) is 5.02 Å². The minimum atomic E-state index is -0.261. The van der Waals surface area contributed by atoms with Crippen molar-refractivity contribution in [3.8, 4) is 0 Å². The number of nitrogens with zero attached hydrogens (tertiary/aromatic N) is 5. The van der Waals surface area contributed by atoms with Crippen molar-refractivity contribution in [3.05, 3.63) is 63.4 Å². The van der Waals surface area contributed by atoms with Crippen LogP contribution in [0.15, 0.2) is 24.4 Å². The summed E-state index contributed by atoms with van der Waals surface area (Å²) < 4.78 is 15.2. The van der Waals surface area contributed by atoms with Crippen LogP contribution in [0.4, 0.5) is 16.0 Å². The number of hydrogen-bond acceptors (Lipinski definition) is 6. The lowest BCUT2D eigenvalue weighted by Gasteiger charge is -2.40. The van der Waals surface area contributed by atoms with E-state index in [0.717, 1.165) is 55.8 Å². The Balaban J connectivity index is 1.25. The lowest BCUT2D eigenvalue weighted by molar-refractivity contribution is -0.141. The minimum absolute atomic E-state index is 0.138. The van der Waals surface area contributed by atoms with Crippen molar-refractivity contribution in [3.63, 3.8) is 0 Å². The number of anilines is 2. The summed E-state index contributed by atoms with van der Waals surface area (Å²) in [5.41, 5.74) is 3.53. The second kappa shape index (κ2) is 10.1. The van der Waals surface area contributed by atoms with Crippen LogP contribution in [0, 0.1) is 25.6 Å². The normalized spacial score (nSPS) is 17.3. The quantitative estimate of drug-likeness (QED) is 0.515. The second-order valence-electron chi connectivity index (χ2n) is 10.0. The van der Waals surface area contributed by atoms with E-state index in [1.807, 2.05) is 37.9 Å². The molecule has 1 amide bonds. The van der Waals surface area contributed by atoms with Crippen LogP contribution >= 0.6 is 11.6 Å². The van der Waals surface area contributed by atoms with Crippen molar-refractivity contribution < 1.29 is 9.18 Å². The molecule has 190 valence electrons. The van der Waals surface area contributed by atoms with Gasteiger partial charge in [0, 0.05) is 44.4 Å². The maximum atomic E-state index is 15.2. The molecule has 0 unspecified atom stereocenters. The Morgan fingerprint density at radius 2 is 1.97 bits per heavy atom. The molecule has 0 aliphatic carbocycles. The van der Waals surface area contributed by atoms with Gasteiger partial charge < -0.3 is 15.1 Å². The summed E-state index contributed by atoms with van der Waals surface area (Å²) in [6.45, 7) is 7.09. The molecule has 0 saturated carbocycles. The molecule has 2 fully saturated rings. The summed E-state index contributed by atoms with van der Waals surface area (Å²) in [7, 11) is 2.04.